The van der Waals surface area contributed by atoms with Gasteiger partial charge in [-0.25, -0.2) is 9.97 Å². The molecule has 1 fully saturated rings. The monoisotopic (exact) mass is 391 g/mol. The molecule has 2 aromatic heterocycles. The third-order valence-corrected chi connectivity index (χ3v) is 6.59. The van der Waals surface area contributed by atoms with E-state index in [1.807, 2.05) is 18.3 Å². The Balaban J connectivity index is 1.54. The number of oxazole rings is 1. The third kappa shape index (κ3) is 5.34. The molecule has 3 heterocycles. The first kappa shape index (κ1) is 19.0. The van der Waals surface area contributed by atoms with Crippen molar-refractivity contribution in [3.05, 3.63) is 23.2 Å². The quantitative estimate of drug-likeness (QED) is 0.729. The van der Waals surface area contributed by atoms with Gasteiger partial charge in [-0.05, 0) is 6.08 Å². The van der Waals surface area contributed by atoms with Gasteiger partial charge in [0.1, 0.15) is 13.5 Å². The van der Waals surface area contributed by atoms with Gasteiger partial charge in [0.25, 0.3) is 0 Å². The minimum atomic E-state index is -1.48. The number of thiazole rings is 1. The van der Waals surface area contributed by atoms with Gasteiger partial charge >= 0.3 is 0 Å². The Morgan fingerprint density at radius 1 is 1.31 bits per heavy atom. The second-order valence-electron chi connectivity index (χ2n) is 7.29. The van der Waals surface area contributed by atoms with Gasteiger partial charge in [-0.15, -0.1) is 0 Å². The van der Waals surface area contributed by atoms with Gasteiger partial charge < -0.3 is 15.1 Å². The fourth-order valence-electron chi connectivity index (χ4n) is 2.52. The maximum absolute atomic E-state index is 12.1. The molecule has 0 atom stereocenters. The van der Waals surface area contributed by atoms with Crippen LogP contribution in [0.3, 0.4) is 0 Å². The Labute approximate surface area is 158 Å². The fourth-order valence-corrected chi connectivity index (χ4v) is 4.12. The molecule has 2 N–H and O–H groups in total. The molecule has 26 heavy (non-hydrogen) atoms. The number of anilines is 1. The van der Waals surface area contributed by atoms with E-state index in [2.05, 4.69) is 45.1 Å². The molecule has 0 bridgehead atoms. The molecule has 2 aromatic rings. The minimum Gasteiger partial charge on any atom is -0.447 e. The van der Waals surface area contributed by atoms with E-state index in [0.717, 1.165) is 36.4 Å². The largest absolute Gasteiger partial charge is 0.447 e. The predicted molar refractivity (Wildman–Crippen MR) is 108 cm³/mol. The molecule has 1 aliphatic rings. The average Bonchev–Trinajstić information content (AvgIpc) is 3.22. The Hall–Kier alpha value is -1.81. The molecule has 3 rings (SSSR count). The second-order valence-corrected chi connectivity index (χ2v) is 13.3. The van der Waals surface area contributed by atoms with Crippen LogP contribution >= 0.6 is 11.3 Å². The fraction of sp³-hybridized carbons (Fsp3) is 0.471. The van der Waals surface area contributed by atoms with Crippen LogP contribution in [0.2, 0.25) is 19.6 Å². The smallest absolute Gasteiger partial charge is 0.240 e. The van der Waals surface area contributed by atoms with Crippen molar-refractivity contribution in [3.8, 4) is 0 Å². The van der Waals surface area contributed by atoms with Crippen molar-refractivity contribution < 1.29 is 9.21 Å². The molecular weight excluding hydrogens is 366 g/mol. The standard InChI is InChI=1S/C17H25N5O2SSi/c1-26(2,3)16-11-19-15(24-16)5-4-13-10-20-17(25-13)21-14(23)12-22-8-6-18-7-9-22/h4-5,10-11,18H,6-9,12H2,1-3H3,(H,20,21,23)/b5-4+. The Bertz CT molecular complexity index is 774. The molecule has 1 saturated heterocycles. The molecule has 0 aromatic carbocycles. The van der Waals surface area contributed by atoms with E-state index >= 15 is 0 Å². The van der Waals surface area contributed by atoms with Crippen LogP contribution in [0.25, 0.3) is 12.2 Å². The van der Waals surface area contributed by atoms with E-state index in [0.29, 0.717) is 17.6 Å². The highest BCUT2D eigenvalue weighted by molar-refractivity contribution is 7.16. The van der Waals surface area contributed by atoms with Crippen LogP contribution in [-0.4, -0.2) is 61.6 Å². The van der Waals surface area contributed by atoms with E-state index in [4.69, 9.17) is 4.42 Å². The molecule has 1 aliphatic heterocycles. The summed E-state index contributed by atoms with van der Waals surface area (Å²) in [6.45, 7) is 10.7. The lowest BCUT2D eigenvalue weighted by atomic mass is 10.3. The number of rotatable bonds is 6. The summed E-state index contributed by atoms with van der Waals surface area (Å²) >= 11 is 1.43. The van der Waals surface area contributed by atoms with Crippen molar-refractivity contribution in [2.75, 3.05) is 38.0 Å². The first-order valence-electron chi connectivity index (χ1n) is 8.73. The van der Waals surface area contributed by atoms with Gasteiger partial charge in [-0.2, -0.15) is 0 Å². The summed E-state index contributed by atoms with van der Waals surface area (Å²) in [5, 5.41) is 7.75. The van der Waals surface area contributed by atoms with Gasteiger partial charge in [-0.1, -0.05) is 31.0 Å². The third-order valence-electron chi connectivity index (χ3n) is 4.00. The molecule has 140 valence electrons. The molecule has 0 radical (unpaired) electrons. The molecular formula is C17H25N5O2SSi. The van der Waals surface area contributed by atoms with Gasteiger partial charge in [0, 0.05) is 43.3 Å². The van der Waals surface area contributed by atoms with Gasteiger partial charge in [0.15, 0.2) is 5.13 Å². The molecule has 7 nitrogen and oxygen atoms in total. The van der Waals surface area contributed by atoms with Gasteiger partial charge in [0.05, 0.1) is 12.7 Å². The summed E-state index contributed by atoms with van der Waals surface area (Å²) < 4.78 is 5.79. The normalized spacial score (nSPS) is 16.3. The average molecular weight is 392 g/mol. The van der Waals surface area contributed by atoms with Crippen LogP contribution in [0.15, 0.2) is 16.8 Å². The molecule has 0 spiro atoms. The Morgan fingerprint density at radius 2 is 2.08 bits per heavy atom. The second kappa shape index (κ2) is 8.25. The molecule has 1 amide bonds. The summed E-state index contributed by atoms with van der Waals surface area (Å²) in [5.74, 6) is 0.573. The summed E-state index contributed by atoms with van der Waals surface area (Å²) in [6.07, 6.45) is 7.30. The van der Waals surface area contributed by atoms with Crippen molar-refractivity contribution in [1.29, 1.82) is 0 Å². The number of hydrogen-bond acceptors (Lipinski definition) is 7. The molecule has 0 unspecified atom stereocenters. The SMILES string of the molecule is C[Si](C)(C)c1cnc(/C=C/c2cnc(NC(=O)CN3CCNCC3)s2)o1. The van der Waals surface area contributed by atoms with Crippen molar-refractivity contribution in [2.45, 2.75) is 19.6 Å². The van der Waals surface area contributed by atoms with E-state index in [-0.39, 0.29) is 5.91 Å². The molecule has 9 heteroatoms. The van der Waals surface area contributed by atoms with Crippen molar-refractivity contribution >= 4 is 48.0 Å². The minimum absolute atomic E-state index is 0.0238. The highest BCUT2D eigenvalue weighted by atomic mass is 32.1. The number of piperazine rings is 1. The van der Waals surface area contributed by atoms with Crippen molar-refractivity contribution in [2.24, 2.45) is 0 Å². The van der Waals surface area contributed by atoms with Crippen molar-refractivity contribution in [1.82, 2.24) is 20.2 Å². The van der Waals surface area contributed by atoms with Gasteiger partial charge in [0.2, 0.25) is 11.8 Å². The topological polar surface area (TPSA) is 83.3 Å². The lowest BCUT2D eigenvalue weighted by Crippen LogP contribution is -2.46. The number of amides is 1. The lowest BCUT2D eigenvalue weighted by Gasteiger charge is -2.26. The zero-order valence-electron chi connectivity index (χ0n) is 15.4. The molecule has 0 aliphatic carbocycles. The summed E-state index contributed by atoms with van der Waals surface area (Å²) in [7, 11) is -1.48. The number of aromatic nitrogens is 2. The highest BCUT2D eigenvalue weighted by Gasteiger charge is 2.21. The van der Waals surface area contributed by atoms with E-state index in [9.17, 15) is 4.79 Å². The number of nitrogens with one attached hydrogen (secondary N) is 2. The van der Waals surface area contributed by atoms with Gasteiger partial charge in [-0.3, -0.25) is 9.69 Å². The first-order chi connectivity index (χ1) is 12.4. The van der Waals surface area contributed by atoms with Crippen LogP contribution in [0.1, 0.15) is 10.8 Å². The van der Waals surface area contributed by atoms with E-state index in [1.165, 1.54) is 11.3 Å². The predicted octanol–water partition coefficient (Wildman–Crippen LogP) is 1.69. The lowest BCUT2D eigenvalue weighted by molar-refractivity contribution is -0.117. The molecule has 0 saturated carbocycles. The number of hydrogen-bond donors (Lipinski definition) is 2. The first-order valence-corrected chi connectivity index (χ1v) is 13.0. The maximum atomic E-state index is 12.1. The zero-order chi connectivity index (χ0) is 18.6. The van der Waals surface area contributed by atoms with Crippen molar-refractivity contribution in [3.63, 3.8) is 0 Å². The number of nitrogens with zero attached hydrogens (tertiary/aromatic N) is 3. The number of carbonyl (C=O) groups excluding carboxylic acids is 1. The van der Waals surface area contributed by atoms with Crippen LogP contribution in [-0.2, 0) is 4.79 Å². The van der Waals surface area contributed by atoms with Crippen LogP contribution in [0.4, 0.5) is 5.13 Å². The highest BCUT2D eigenvalue weighted by Crippen LogP contribution is 2.20. The summed E-state index contributed by atoms with van der Waals surface area (Å²) in [4.78, 5) is 23.8. The van der Waals surface area contributed by atoms with Crippen LogP contribution in [0, 0.1) is 0 Å². The summed E-state index contributed by atoms with van der Waals surface area (Å²) in [5.41, 5.74) is 0. The van der Waals surface area contributed by atoms with E-state index in [1.54, 1.807) is 6.20 Å². The Morgan fingerprint density at radius 3 is 2.77 bits per heavy atom. The van der Waals surface area contributed by atoms with Crippen LogP contribution in [0.5, 0.6) is 0 Å². The summed E-state index contributed by atoms with van der Waals surface area (Å²) in [6, 6.07) is 0. The Kier molecular flexibility index (Phi) is 6.02. The maximum Gasteiger partial charge on any atom is 0.240 e. The van der Waals surface area contributed by atoms with E-state index < -0.39 is 8.07 Å². The number of carbonyl (C=O) groups is 1. The van der Waals surface area contributed by atoms with Crippen LogP contribution < -0.4 is 16.0 Å². The zero-order valence-corrected chi connectivity index (χ0v) is 17.2.